The quantitative estimate of drug-likeness (QED) is 0.669. The number of aliphatic hydroxyl groups is 1. The minimum absolute atomic E-state index is 0.0708. The van der Waals surface area contributed by atoms with Gasteiger partial charge in [-0.15, -0.1) is 0 Å². The second kappa shape index (κ2) is 5.63. The Kier molecular flexibility index (Phi) is 4.43. The lowest BCUT2D eigenvalue weighted by atomic mass is 10.1. The van der Waals surface area contributed by atoms with Crippen molar-refractivity contribution in [3.05, 3.63) is 45.5 Å². The van der Waals surface area contributed by atoms with Gasteiger partial charge in [-0.25, -0.2) is 0 Å². The zero-order valence-electron chi connectivity index (χ0n) is 9.15. The lowest BCUT2D eigenvalue weighted by Gasteiger charge is -2.07. The van der Waals surface area contributed by atoms with E-state index in [1.807, 2.05) is 0 Å². The molecule has 1 rings (SSSR count). The minimum atomic E-state index is -4.61. The number of alkyl halides is 3. The summed E-state index contributed by atoms with van der Waals surface area (Å²) in [4.78, 5) is 9.82. The third-order valence-electron chi connectivity index (χ3n) is 2.15. The molecule has 0 atom stereocenters. The van der Waals surface area contributed by atoms with Crippen LogP contribution in [0.15, 0.2) is 24.3 Å². The lowest BCUT2D eigenvalue weighted by Crippen LogP contribution is -2.06. The normalized spacial score (nSPS) is 12.0. The Labute approximate surface area is 101 Å². The van der Waals surface area contributed by atoms with Crippen molar-refractivity contribution in [2.45, 2.75) is 12.6 Å². The molecule has 0 saturated heterocycles. The van der Waals surface area contributed by atoms with Gasteiger partial charge in [0, 0.05) is 12.7 Å². The fourth-order valence-electron chi connectivity index (χ4n) is 1.30. The molecule has 0 aliphatic rings. The molecule has 0 radical (unpaired) electrons. The molecule has 1 aromatic carbocycles. The predicted molar refractivity (Wildman–Crippen MR) is 58.8 cm³/mol. The van der Waals surface area contributed by atoms with Crippen molar-refractivity contribution in [3.8, 4) is 0 Å². The third kappa shape index (κ3) is 3.56. The molecule has 0 unspecified atom stereocenters. The SMILES string of the molecule is O=[N+]([O-])c1cc(C(F)(F)F)ccc1C=CCCO. The van der Waals surface area contributed by atoms with E-state index in [9.17, 15) is 23.3 Å². The molecule has 0 saturated carbocycles. The van der Waals surface area contributed by atoms with Gasteiger partial charge in [0.15, 0.2) is 0 Å². The van der Waals surface area contributed by atoms with Crippen molar-refractivity contribution in [3.63, 3.8) is 0 Å². The second-order valence-corrected chi connectivity index (χ2v) is 3.44. The molecule has 0 amide bonds. The van der Waals surface area contributed by atoms with Crippen LogP contribution in [0.5, 0.6) is 0 Å². The van der Waals surface area contributed by atoms with Crippen LogP contribution in [0.3, 0.4) is 0 Å². The molecule has 18 heavy (non-hydrogen) atoms. The Bertz CT molecular complexity index is 469. The van der Waals surface area contributed by atoms with Gasteiger partial charge in [0.2, 0.25) is 0 Å². The van der Waals surface area contributed by atoms with E-state index in [2.05, 4.69) is 0 Å². The number of hydrogen-bond donors (Lipinski definition) is 1. The number of nitrogens with zero attached hydrogens (tertiary/aromatic N) is 1. The number of halogens is 3. The number of hydrogen-bond acceptors (Lipinski definition) is 3. The molecule has 98 valence electrons. The highest BCUT2D eigenvalue weighted by Crippen LogP contribution is 2.33. The predicted octanol–water partition coefficient (Wildman–Crippen LogP) is 3.01. The summed E-state index contributed by atoms with van der Waals surface area (Å²) in [7, 11) is 0. The fraction of sp³-hybridized carbons (Fsp3) is 0.273. The molecule has 0 spiro atoms. The van der Waals surface area contributed by atoms with Gasteiger partial charge in [-0.05, 0) is 18.6 Å². The molecule has 4 nitrogen and oxygen atoms in total. The number of nitro groups is 1. The smallest absolute Gasteiger partial charge is 0.396 e. The first kappa shape index (κ1) is 14.2. The Hall–Kier alpha value is -1.89. The third-order valence-corrected chi connectivity index (χ3v) is 2.15. The van der Waals surface area contributed by atoms with Gasteiger partial charge in [-0.1, -0.05) is 12.2 Å². The summed E-state index contributed by atoms with van der Waals surface area (Å²) in [5.74, 6) is 0. The van der Waals surface area contributed by atoms with Gasteiger partial charge in [0.1, 0.15) is 0 Å². The van der Waals surface area contributed by atoms with E-state index in [0.29, 0.717) is 6.07 Å². The minimum Gasteiger partial charge on any atom is -0.396 e. The molecule has 1 N–H and O–H groups in total. The summed E-state index contributed by atoms with van der Waals surface area (Å²) in [5.41, 5.74) is -1.60. The molecule has 7 heteroatoms. The van der Waals surface area contributed by atoms with Crippen LogP contribution in [0.4, 0.5) is 18.9 Å². The summed E-state index contributed by atoms with van der Waals surface area (Å²) in [5, 5.41) is 19.2. The van der Waals surface area contributed by atoms with Gasteiger partial charge < -0.3 is 5.11 Å². The van der Waals surface area contributed by atoms with Crippen LogP contribution in [-0.2, 0) is 6.18 Å². The summed E-state index contributed by atoms with van der Waals surface area (Å²) >= 11 is 0. The van der Waals surface area contributed by atoms with Crippen molar-refractivity contribution >= 4 is 11.8 Å². The fourth-order valence-corrected chi connectivity index (χ4v) is 1.30. The van der Waals surface area contributed by atoms with E-state index in [0.717, 1.165) is 12.1 Å². The molecular formula is C11H10F3NO3. The Balaban J connectivity index is 3.17. The van der Waals surface area contributed by atoms with Gasteiger partial charge >= 0.3 is 6.18 Å². The molecule has 0 aromatic heterocycles. The maximum absolute atomic E-state index is 12.4. The highest BCUT2D eigenvalue weighted by atomic mass is 19.4. The van der Waals surface area contributed by atoms with Gasteiger partial charge in [0.05, 0.1) is 16.1 Å². The first-order valence-electron chi connectivity index (χ1n) is 4.99. The molecular weight excluding hydrogens is 251 g/mol. The first-order valence-corrected chi connectivity index (χ1v) is 4.99. The Morgan fingerprint density at radius 1 is 1.39 bits per heavy atom. The standard InChI is InChI=1S/C11H10F3NO3/c12-11(13,14)9-5-4-8(3-1-2-6-16)10(7-9)15(17)18/h1,3-5,7,16H,2,6H2. The number of rotatable bonds is 4. The van der Waals surface area contributed by atoms with Crippen LogP contribution >= 0.6 is 0 Å². The summed E-state index contributed by atoms with van der Waals surface area (Å²) in [6.45, 7) is -0.134. The lowest BCUT2D eigenvalue weighted by molar-refractivity contribution is -0.385. The zero-order chi connectivity index (χ0) is 13.8. The van der Waals surface area contributed by atoms with Gasteiger partial charge in [0.25, 0.3) is 5.69 Å². The zero-order valence-corrected chi connectivity index (χ0v) is 9.15. The van der Waals surface area contributed by atoms with E-state index in [1.54, 1.807) is 0 Å². The summed E-state index contributed by atoms with van der Waals surface area (Å²) < 4.78 is 37.2. The molecule has 0 aliphatic carbocycles. The summed E-state index contributed by atoms with van der Waals surface area (Å²) in [6, 6.07) is 2.32. The number of benzene rings is 1. The van der Waals surface area contributed by atoms with Crippen LogP contribution in [0.1, 0.15) is 17.5 Å². The second-order valence-electron chi connectivity index (χ2n) is 3.44. The van der Waals surface area contributed by atoms with Gasteiger partial charge in [-0.3, -0.25) is 10.1 Å². The van der Waals surface area contributed by atoms with E-state index >= 15 is 0 Å². The highest BCUT2D eigenvalue weighted by molar-refractivity contribution is 5.62. The van der Waals surface area contributed by atoms with Crippen LogP contribution in [0, 0.1) is 10.1 Å². The van der Waals surface area contributed by atoms with Crippen LogP contribution in [-0.4, -0.2) is 16.6 Å². The number of aliphatic hydroxyl groups excluding tert-OH is 1. The van der Waals surface area contributed by atoms with E-state index in [1.165, 1.54) is 12.2 Å². The molecule has 0 heterocycles. The number of nitro benzene ring substituents is 1. The monoisotopic (exact) mass is 261 g/mol. The maximum Gasteiger partial charge on any atom is 0.416 e. The first-order chi connectivity index (χ1) is 8.36. The van der Waals surface area contributed by atoms with Crippen LogP contribution in [0.25, 0.3) is 6.08 Å². The maximum atomic E-state index is 12.4. The van der Waals surface area contributed by atoms with Crippen LogP contribution in [0.2, 0.25) is 0 Å². The summed E-state index contributed by atoms with van der Waals surface area (Å²) in [6.07, 6.45) is -1.57. The molecule has 1 aromatic rings. The van der Waals surface area contributed by atoms with E-state index < -0.39 is 22.4 Å². The molecule has 0 aliphatic heterocycles. The molecule has 0 fully saturated rings. The Morgan fingerprint density at radius 2 is 2.06 bits per heavy atom. The average molecular weight is 261 g/mol. The Morgan fingerprint density at radius 3 is 2.56 bits per heavy atom. The van der Waals surface area contributed by atoms with Crippen molar-refractivity contribution in [1.82, 2.24) is 0 Å². The topological polar surface area (TPSA) is 63.4 Å². The van der Waals surface area contributed by atoms with Crippen molar-refractivity contribution < 1.29 is 23.2 Å². The van der Waals surface area contributed by atoms with E-state index in [-0.39, 0.29) is 18.6 Å². The largest absolute Gasteiger partial charge is 0.416 e. The van der Waals surface area contributed by atoms with E-state index in [4.69, 9.17) is 5.11 Å². The van der Waals surface area contributed by atoms with Crippen molar-refractivity contribution in [2.24, 2.45) is 0 Å². The highest BCUT2D eigenvalue weighted by Gasteiger charge is 2.32. The molecule has 0 bridgehead atoms. The van der Waals surface area contributed by atoms with Crippen LogP contribution < -0.4 is 0 Å². The average Bonchev–Trinajstić information content (AvgIpc) is 2.28. The van der Waals surface area contributed by atoms with Crippen molar-refractivity contribution in [1.29, 1.82) is 0 Å². The van der Waals surface area contributed by atoms with Gasteiger partial charge in [-0.2, -0.15) is 13.2 Å². The van der Waals surface area contributed by atoms with Crippen molar-refractivity contribution in [2.75, 3.05) is 6.61 Å².